The molecular weight excluding hydrogens is 887 g/mol. The predicted molar refractivity (Wildman–Crippen MR) is 258 cm³/mol. The monoisotopic (exact) mass is 949 g/mol. The second-order valence-electron chi connectivity index (χ2n) is 20.1. The van der Waals surface area contributed by atoms with Crippen molar-refractivity contribution in [2.24, 2.45) is 10.8 Å². The molecule has 0 unspecified atom stereocenters. The van der Waals surface area contributed by atoms with Crippen molar-refractivity contribution in [3.05, 3.63) is 81.1 Å². The van der Waals surface area contributed by atoms with Gasteiger partial charge in [0.05, 0.1) is 22.2 Å². The summed E-state index contributed by atoms with van der Waals surface area (Å²) in [6, 6.07) is 9.36. The van der Waals surface area contributed by atoms with Gasteiger partial charge in [-0.1, -0.05) is 45.0 Å². The minimum Gasteiger partial charge on any atom is -0.391 e. The molecule has 0 bridgehead atoms. The number of nitrogens with zero attached hydrogens (tertiary/aromatic N) is 5. The third kappa shape index (κ3) is 10.7. The van der Waals surface area contributed by atoms with Gasteiger partial charge in [-0.15, -0.1) is 11.3 Å². The van der Waals surface area contributed by atoms with Gasteiger partial charge in [-0.2, -0.15) is 0 Å². The van der Waals surface area contributed by atoms with Crippen molar-refractivity contribution in [1.29, 1.82) is 0 Å². The average molecular weight is 950 g/mol. The maximum Gasteiger partial charge on any atom is 0.276 e. The lowest BCUT2D eigenvalue weighted by atomic mass is 9.79. The number of rotatable bonds is 17. The summed E-state index contributed by atoms with van der Waals surface area (Å²) in [5.74, 6) is -0.682. The standard InChI is InChI=1S/C49H63N11O7S/c1-29-22-34(45(66)60-40(29)44(65)58-49(60)18-16-48(14-15-48)17-19-49)56-37-24-36(53-27-54-37)50-21-13-38(62)51-20-7-6-8-39(63)57-42(47(3,4)5)46(67)59-26-33(61)23-35(59)43(64)52-25-31-9-11-32(12-10-31)41-30(2)55-28-68-41/h9-12,22,24,27-28,33,35,42,61H,6-8,13-21,23,25-26H2,1-5H3,(H,51,62)(H,52,64)(H,57,63)(H,58,65)(H2,50,53,54,56)/t33-,35+,42-/m1/s1. The Bertz CT molecular complexity index is 2610. The molecule has 3 aromatic heterocycles. The summed E-state index contributed by atoms with van der Waals surface area (Å²) in [5, 5.41) is 28.7. The molecule has 5 amide bonds. The molecule has 4 aromatic rings. The van der Waals surface area contributed by atoms with E-state index in [0.717, 1.165) is 47.4 Å². The van der Waals surface area contributed by atoms with Gasteiger partial charge in [0.1, 0.15) is 47.1 Å². The van der Waals surface area contributed by atoms with E-state index in [4.69, 9.17) is 0 Å². The molecule has 8 rings (SSSR count). The number of aliphatic hydroxyl groups excluding tert-OH is 1. The van der Waals surface area contributed by atoms with Crippen molar-refractivity contribution < 1.29 is 29.1 Å². The fourth-order valence-electron chi connectivity index (χ4n) is 9.77. The Morgan fingerprint density at radius 1 is 0.897 bits per heavy atom. The van der Waals surface area contributed by atoms with Crippen LogP contribution in [-0.2, 0) is 31.4 Å². The molecule has 2 spiro atoms. The highest BCUT2D eigenvalue weighted by atomic mass is 32.1. The number of aromatic nitrogens is 4. The van der Waals surface area contributed by atoms with Crippen LogP contribution in [0, 0.1) is 24.7 Å². The summed E-state index contributed by atoms with van der Waals surface area (Å²) in [5.41, 5.74) is 4.83. The number of thiazole rings is 1. The highest BCUT2D eigenvalue weighted by Crippen LogP contribution is 2.59. The molecule has 4 aliphatic rings. The number of fused-ring (bicyclic) bond motifs is 2. The lowest BCUT2D eigenvalue weighted by molar-refractivity contribution is -0.144. The summed E-state index contributed by atoms with van der Waals surface area (Å²) < 4.78 is 1.66. The fourth-order valence-corrected chi connectivity index (χ4v) is 10.6. The second-order valence-corrected chi connectivity index (χ2v) is 20.9. The van der Waals surface area contributed by atoms with Crippen molar-refractivity contribution in [2.75, 3.05) is 30.3 Å². The molecule has 19 heteroatoms. The van der Waals surface area contributed by atoms with Crippen molar-refractivity contribution in [3.63, 3.8) is 0 Å². The Labute approximate surface area is 399 Å². The van der Waals surface area contributed by atoms with Gasteiger partial charge in [-0.3, -0.25) is 33.3 Å². The van der Waals surface area contributed by atoms with E-state index in [0.29, 0.717) is 53.4 Å². The molecule has 1 aromatic carbocycles. The molecule has 1 saturated heterocycles. The SMILES string of the molecule is Cc1cc(Nc2cc(NCCC(=O)NCCCCC(=O)N[C@H](C(=O)N3C[C@H](O)C[C@H]3C(=O)NCc3ccc(-c4scnc4C)cc3)C(C)(C)C)ncn2)c(=O)n2c1C(=O)NC21CCC2(CC2)CC1. The predicted octanol–water partition coefficient (Wildman–Crippen LogP) is 4.77. The third-order valence-electron chi connectivity index (χ3n) is 13.9. The molecule has 3 atom stereocenters. The smallest absolute Gasteiger partial charge is 0.276 e. The van der Waals surface area contributed by atoms with Gasteiger partial charge in [-0.25, -0.2) is 15.0 Å². The maximum atomic E-state index is 14.0. The van der Waals surface area contributed by atoms with Crippen LogP contribution < -0.4 is 37.5 Å². The van der Waals surface area contributed by atoms with E-state index >= 15 is 0 Å². The molecule has 18 nitrogen and oxygen atoms in total. The molecule has 5 heterocycles. The summed E-state index contributed by atoms with van der Waals surface area (Å²) in [6.45, 7) is 10.2. The summed E-state index contributed by atoms with van der Waals surface area (Å²) in [7, 11) is 0. The zero-order chi connectivity index (χ0) is 48.4. The molecular formula is C49H63N11O7S. The quantitative estimate of drug-likeness (QED) is 0.0709. The second kappa shape index (κ2) is 19.8. The highest BCUT2D eigenvalue weighted by molar-refractivity contribution is 7.13. The minimum atomic E-state index is -0.938. The first-order chi connectivity index (χ1) is 32.4. The molecule has 2 saturated carbocycles. The van der Waals surface area contributed by atoms with Crippen LogP contribution >= 0.6 is 11.3 Å². The van der Waals surface area contributed by atoms with Gasteiger partial charge in [0.15, 0.2) is 0 Å². The zero-order valence-corrected chi connectivity index (χ0v) is 40.3. The molecule has 7 N–H and O–H groups in total. The largest absolute Gasteiger partial charge is 0.391 e. The van der Waals surface area contributed by atoms with Crippen LogP contribution in [0.25, 0.3) is 10.4 Å². The molecule has 2 aliphatic heterocycles. The van der Waals surface area contributed by atoms with E-state index in [2.05, 4.69) is 46.9 Å². The minimum absolute atomic E-state index is 0.0172. The van der Waals surface area contributed by atoms with Crippen LogP contribution in [0.3, 0.4) is 0 Å². The lowest BCUT2D eigenvalue weighted by Gasteiger charge is -2.39. The number of aryl methyl sites for hydroxylation is 2. The van der Waals surface area contributed by atoms with Crippen LogP contribution in [0.1, 0.15) is 119 Å². The number of aliphatic hydroxyl groups is 1. The van der Waals surface area contributed by atoms with Gasteiger partial charge in [-0.05, 0) is 98.8 Å². The van der Waals surface area contributed by atoms with Gasteiger partial charge in [0.2, 0.25) is 23.6 Å². The van der Waals surface area contributed by atoms with Crippen molar-refractivity contribution in [2.45, 2.75) is 136 Å². The van der Waals surface area contributed by atoms with Gasteiger partial charge < -0.3 is 41.9 Å². The van der Waals surface area contributed by atoms with Crippen LogP contribution in [0.15, 0.2) is 53.0 Å². The summed E-state index contributed by atoms with van der Waals surface area (Å²) in [6.07, 6.45) is 7.73. The van der Waals surface area contributed by atoms with Crippen LogP contribution in [0.2, 0.25) is 0 Å². The number of anilines is 3. The number of benzene rings is 1. The van der Waals surface area contributed by atoms with Crippen molar-refractivity contribution >= 4 is 58.2 Å². The number of amides is 5. The molecule has 2 aliphatic carbocycles. The number of hydrogen-bond acceptors (Lipinski definition) is 13. The number of likely N-dealkylation sites (tertiary alicyclic amines) is 1. The topological polar surface area (TPSA) is 242 Å². The Morgan fingerprint density at radius 2 is 1.62 bits per heavy atom. The molecule has 3 fully saturated rings. The van der Waals surface area contributed by atoms with Gasteiger partial charge in [0.25, 0.3) is 11.5 Å². The summed E-state index contributed by atoms with van der Waals surface area (Å²) in [4.78, 5) is 95.7. The highest BCUT2D eigenvalue weighted by Gasteiger charge is 2.54. The number of hydrogen-bond donors (Lipinski definition) is 7. The van der Waals surface area contributed by atoms with Crippen LogP contribution in [0.5, 0.6) is 0 Å². The first-order valence-electron chi connectivity index (χ1n) is 23.7. The molecule has 0 radical (unpaired) electrons. The lowest BCUT2D eigenvalue weighted by Crippen LogP contribution is -2.57. The van der Waals surface area contributed by atoms with E-state index in [1.807, 2.05) is 64.4 Å². The molecule has 362 valence electrons. The van der Waals surface area contributed by atoms with E-state index < -0.39 is 35.2 Å². The first-order valence-corrected chi connectivity index (χ1v) is 24.6. The van der Waals surface area contributed by atoms with Crippen molar-refractivity contribution in [1.82, 2.24) is 45.7 Å². The fraction of sp³-hybridized carbons (Fsp3) is 0.531. The first kappa shape index (κ1) is 48.3. The molecule has 68 heavy (non-hydrogen) atoms. The van der Waals surface area contributed by atoms with Gasteiger partial charge >= 0.3 is 0 Å². The summed E-state index contributed by atoms with van der Waals surface area (Å²) >= 11 is 1.57. The number of pyridine rings is 1. The Morgan fingerprint density at radius 3 is 2.31 bits per heavy atom. The average Bonchev–Trinajstić information content (AvgIpc) is 3.56. The number of carbonyl (C=O) groups excluding carboxylic acids is 5. The van der Waals surface area contributed by atoms with E-state index in [-0.39, 0.29) is 68.1 Å². The van der Waals surface area contributed by atoms with E-state index in [1.54, 1.807) is 28.0 Å². The van der Waals surface area contributed by atoms with E-state index in [1.165, 1.54) is 24.1 Å². The maximum absolute atomic E-state index is 14.0. The number of nitrogens with one attached hydrogen (secondary N) is 6. The van der Waals surface area contributed by atoms with E-state index in [9.17, 15) is 33.9 Å². The van der Waals surface area contributed by atoms with Crippen LogP contribution in [-0.4, -0.2) is 96.9 Å². The van der Waals surface area contributed by atoms with Crippen LogP contribution in [0.4, 0.5) is 17.3 Å². The zero-order valence-electron chi connectivity index (χ0n) is 39.5. The normalized spacial score (nSPS) is 19.3. The third-order valence-corrected chi connectivity index (χ3v) is 14.9. The van der Waals surface area contributed by atoms with Crippen molar-refractivity contribution in [3.8, 4) is 10.4 Å². The number of β-amino-alcohol motifs (C(OH)–C–C–N with tert-alkyl or cyclic N) is 1. The number of unbranched alkanes of at least 4 members (excludes halogenated alkanes) is 1. The Kier molecular flexibility index (Phi) is 14.0. The Hall–Kier alpha value is -6.21. The van der Waals surface area contributed by atoms with Gasteiger partial charge in [0, 0.05) is 51.5 Å². The number of carbonyl (C=O) groups is 5. The Balaban J connectivity index is 0.754.